The summed E-state index contributed by atoms with van der Waals surface area (Å²) < 4.78 is 0. The van der Waals surface area contributed by atoms with Gasteiger partial charge in [0.15, 0.2) is 0 Å². The number of carbonyl (C=O) groups is 1. The fourth-order valence-corrected chi connectivity index (χ4v) is 1.84. The predicted octanol–water partition coefficient (Wildman–Crippen LogP) is 2.19. The van der Waals surface area contributed by atoms with Gasteiger partial charge in [0.1, 0.15) is 0 Å². The number of nitrogens with zero attached hydrogens (tertiary/aromatic N) is 2. The van der Waals surface area contributed by atoms with Crippen molar-refractivity contribution in [2.75, 3.05) is 13.2 Å². The summed E-state index contributed by atoms with van der Waals surface area (Å²) in [5, 5.41) is 17.7. The Kier molecular flexibility index (Phi) is 6.48. The number of amides is 1. The number of nitriles is 1. The van der Waals surface area contributed by atoms with Gasteiger partial charge in [-0.1, -0.05) is 12.1 Å². The third-order valence-electron chi connectivity index (χ3n) is 2.90. The molecule has 0 radical (unpaired) electrons. The Morgan fingerprint density at radius 2 is 2.25 bits per heavy atom. The third-order valence-corrected chi connectivity index (χ3v) is 2.90. The van der Waals surface area contributed by atoms with Crippen LogP contribution in [-0.4, -0.2) is 35.1 Å². The van der Waals surface area contributed by atoms with Crippen LogP contribution in [0.2, 0.25) is 0 Å². The monoisotopic (exact) mass is 272 g/mol. The average molecular weight is 272 g/mol. The van der Waals surface area contributed by atoms with Crippen LogP contribution in [0.15, 0.2) is 30.3 Å². The van der Waals surface area contributed by atoms with E-state index in [1.807, 2.05) is 19.9 Å². The number of hydrogen-bond acceptors (Lipinski definition) is 3. The third kappa shape index (κ3) is 4.87. The highest BCUT2D eigenvalue weighted by Crippen LogP contribution is 2.08. The van der Waals surface area contributed by atoms with E-state index in [-0.39, 0.29) is 18.6 Å². The quantitative estimate of drug-likeness (QED) is 0.807. The number of hydrogen-bond donors (Lipinski definition) is 1. The van der Waals surface area contributed by atoms with E-state index in [1.54, 1.807) is 29.2 Å². The van der Waals surface area contributed by atoms with Crippen LogP contribution in [0.4, 0.5) is 0 Å². The van der Waals surface area contributed by atoms with Crippen LogP contribution >= 0.6 is 0 Å². The van der Waals surface area contributed by atoms with Crippen molar-refractivity contribution in [1.29, 1.82) is 5.26 Å². The Balaban J connectivity index is 2.76. The summed E-state index contributed by atoms with van der Waals surface area (Å²) in [5.74, 6) is -0.0872. The molecule has 0 aliphatic carbocycles. The first-order valence-corrected chi connectivity index (χ1v) is 6.68. The van der Waals surface area contributed by atoms with Gasteiger partial charge in [-0.25, -0.2) is 0 Å². The largest absolute Gasteiger partial charge is 0.396 e. The van der Waals surface area contributed by atoms with E-state index in [1.165, 1.54) is 6.08 Å². The first-order chi connectivity index (χ1) is 9.58. The van der Waals surface area contributed by atoms with Crippen molar-refractivity contribution in [1.82, 2.24) is 4.90 Å². The van der Waals surface area contributed by atoms with Gasteiger partial charge >= 0.3 is 0 Å². The molecule has 106 valence electrons. The first kappa shape index (κ1) is 15.9. The molecular formula is C16H20N2O2. The highest BCUT2D eigenvalue weighted by Gasteiger charge is 2.13. The lowest BCUT2D eigenvalue weighted by atomic mass is 10.1. The van der Waals surface area contributed by atoms with Crippen LogP contribution in [0.3, 0.4) is 0 Å². The standard InChI is InChI=1S/C16H20N2O2/c1-13(2)18(9-4-10-19)16(20)8-7-14-5-3-6-15(11-14)12-17/h3,5-8,11,13,19H,4,9-10H2,1-2H3/b8-7+. The molecule has 0 fully saturated rings. The number of aliphatic hydroxyl groups excluding tert-OH is 1. The summed E-state index contributed by atoms with van der Waals surface area (Å²) in [6, 6.07) is 9.24. The van der Waals surface area contributed by atoms with Crippen molar-refractivity contribution in [3.05, 3.63) is 41.5 Å². The molecule has 0 atom stereocenters. The van der Waals surface area contributed by atoms with Gasteiger partial charge in [0, 0.05) is 25.3 Å². The van der Waals surface area contributed by atoms with Crippen LogP contribution in [0, 0.1) is 11.3 Å². The molecule has 4 heteroatoms. The molecule has 4 nitrogen and oxygen atoms in total. The molecule has 1 amide bonds. The maximum atomic E-state index is 12.1. The summed E-state index contributed by atoms with van der Waals surface area (Å²) in [7, 11) is 0. The SMILES string of the molecule is CC(C)N(CCCO)C(=O)/C=C/c1cccc(C#N)c1. The highest BCUT2D eigenvalue weighted by molar-refractivity contribution is 5.92. The molecular weight excluding hydrogens is 252 g/mol. The Labute approximate surface area is 119 Å². The number of carbonyl (C=O) groups excluding carboxylic acids is 1. The van der Waals surface area contributed by atoms with Crippen molar-refractivity contribution >= 4 is 12.0 Å². The number of rotatable bonds is 6. The molecule has 0 unspecified atom stereocenters. The van der Waals surface area contributed by atoms with Gasteiger partial charge in [-0.2, -0.15) is 5.26 Å². The van der Waals surface area contributed by atoms with E-state index < -0.39 is 0 Å². The van der Waals surface area contributed by atoms with Crippen molar-refractivity contribution in [2.24, 2.45) is 0 Å². The van der Waals surface area contributed by atoms with Crippen LogP contribution < -0.4 is 0 Å². The van der Waals surface area contributed by atoms with Gasteiger partial charge in [0.25, 0.3) is 0 Å². The normalized spacial score (nSPS) is 10.8. The van der Waals surface area contributed by atoms with E-state index >= 15 is 0 Å². The van der Waals surface area contributed by atoms with Gasteiger partial charge < -0.3 is 10.0 Å². The van der Waals surface area contributed by atoms with Crippen LogP contribution in [0.25, 0.3) is 6.08 Å². The second-order valence-corrected chi connectivity index (χ2v) is 4.77. The molecule has 1 rings (SSSR count). The molecule has 0 aromatic heterocycles. The second kappa shape index (κ2) is 8.13. The number of benzene rings is 1. The van der Waals surface area contributed by atoms with E-state index in [4.69, 9.17) is 10.4 Å². The topological polar surface area (TPSA) is 64.3 Å². The minimum absolute atomic E-state index is 0.0738. The Hall–Kier alpha value is -2.12. The van der Waals surface area contributed by atoms with Crippen molar-refractivity contribution < 1.29 is 9.90 Å². The van der Waals surface area contributed by atoms with E-state index in [9.17, 15) is 4.79 Å². The lowest BCUT2D eigenvalue weighted by Gasteiger charge is -2.25. The molecule has 1 aromatic rings. The van der Waals surface area contributed by atoms with Gasteiger partial charge in [0.05, 0.1) is 11.6 Å². The maximum Gasteiger partial charge on any atom is 0.246 e. The molecule has 0 bridgehead atoms. The smallest absolute Gasteiger partial charge is 0.246 e. The van der Waals surface area contributed by atoms with Crippen LogP contribution in [0.1, 0.15) is 31.4 Å². The molecule has 0 saturated carbocycles. The Morgan fingerprint density at radius 3 is 2.85 bits per heavy atom. The summed E-state index contributed by atoms with van der Waals surface area (Å²) >= 11 is 0. The minimum atomic E-state index is -0.0872. The first-order valence-electron chi connectivity index (χ1n) is 6.68. The summed E-state index contributed by atoms with van der Waals surface area (Å²) in [4.78, 5) is 13.8. The molecule has 1 aromatic carbocycles. The molecule has 0 aliphatic heterocycles. The van der Waals surface area contributed by atoms with E-state index in [0.29, 0.717) is 18.5 Å². The highest BCUT2D eigenvalue weighted by atomic mass is 16.3. The van der Waals surface area contributed by atoms with Gasteiger partial charge in [-0.3, -0.25) is 4.79 Å². The lowest BCUT2D eigenvalue weighted by Crippen LogP contribution is -2.36. The van der Waals surface area contributed by atoms with Crippen molar-refractivity contribution in [3.8, 4) is 6.07 Å². The summed E-state index contributed by atoms with van der Waals surface area (Å²) in [5.41, 5.74) is 1.39. The zero-order valence-corrected chi connectivity index (χ0v) is 11.9. The maximum absolute atomic E-state index is 12.1. The molecule has 0 saturated heterocycles. The summed E-state index contributed by atoms with van der Waals surface area (Å²) in [6.07, 6.45) is 3.78. The average Bonchev–Trinajstić information content (AvgIpc) is 2.45. The van der Waals surface area contributed by atoms with Gasteiger partial charge in [-0.05, 0) is 44.0 Å². The zero-order valence-electron chi connectivity index (χ0n) is 11.9. The fourth-order valence-electron chi connectivity index (χ4n) is 1.84. The predicted molar refractivity (Wildman–Crippen MR) is 78.7 cm³/mol. The summed E-state index contributed by atoms with van der Waals surface area (Å²) in [6.45, 7) is 4.50. The molecule has 0 spiro atoms. The van der Waals surface area contributed by atoms with Crippen LogP contribution in [-0.2, 0) is 4.79 Å². The zero-order chi connectivity index (χ0) is 15.0. The second-order valence-electron chi connectivity index (χ2n) is 4.77. The van der Waals surface area contributed by atoms with Crippen molar-refractivity contribution in [2.45, 2.75) is 26.3 Å². The number of aliphatic hydroxyl groups is 1. The minimum Gasteiger partial charge on any atom is -0.396 e. The van der Waals surface area contributed by atoms with Crippen molar-refractivity contribution in [3.63, 3.8) is 0 Å². The van der Waals surface area contributed by atoms with Gasteiger partial charge in [-0.15, -0.1) is 0 Å². The Morgan fingerprint density at radius 1 is 1.50 bits per heavy atom. The van der Waals surface area contributed by atoms with E-state index in [0.717, 1.165) is 5.56 Å². The van der Waals surface area contributed by atoms with E-state index in [2.05, 4.69) is 6.07 Å². The molecule has 20 heavy (non-hydrogen) atoms. The molecule has 0 aliphatic rings. The van der Waals surface area contributed by atoms with Gasteiger partial charge in [0.2, 0.25) is 5.91 Å². The Bertz CT molecular complexity index is 515. The lowest BCUT2D eigenvalue weighted by molar-refractivity contribution is -0.127. The molecule has 1 N–H and O–H groups in total. The fraction of sp³-hybridized carbons (Fsp3) is 0.375. The van der Waals surface area contributed by atoms with Crippen LogP contribution in [0.5, 0.6) is 0 Å². The molecule has 0 heterocycles.